The van der Waals surface area contributed by atoms with E-state index in [-0.39, 0.29) is 44.9 Å². The molecule has 186 valence electrons. The number of amides is 2. The van der Waals surface area contributed by atoms with Crippen molar-refractivity contribution >= 4 is 18.0 Å². The molecule has 0 aromatic heterocycles. The van der Waals surface area contributed by atoms with Crippen molar-refractivity contribution in [2.24, 2.45) is 0 Å². The van der Waals surface area contributed by atoms with E-state index in [0.717, 1.165) is 22.3 Å². The van der Waals surface area contributed by atoms with Gasteiger partial charge in [-0.15, -0.1) is 0 Å². The molecule has 1 aliphatic carbocycles. The number of aliphatic hydroxyl groups is 2. The van der Waals surface area contributed by atoms with Gasteiger partial charge in [0.15, 0.2) is 0 Å². The van der Waals surface area contributed by atoms with Crippen LogP contribution in [-0.4, -0.2) is 75.6 Å². The summed E-state index contributed by atoms with van der Waals surface area (Å²) in [6, 6.07) is 14.7. The molecule has 1 aliphatic heterocycles. The van der Waals surface area contributed by atoms with Gasteiger partial charge in [0.1, 0.15) is 12.6 Å². The number of aliphatic carboxylic acids is 1. The number of likely N-dealkylation sites (tertiary alicyclic amines) is 1. The first-order chi connectivity index (χ1) is 16.7. The van der Waals surface area contributed by atoms with Gasteiger partial charge in [-0.3, -0.25) is 9.59 Å². The Labute approximate surface area is 203 Å². The molecule has 35 heavy (non-hydrogen) atoms. The van der Waals surface area contributed by atoms with Crippen LogP contribution < -0.4 is 5.32 Å². The second kappa shape index (κ2) is 10.1. The quantitative estimate of drug-likeness (QED) is 0.452. The van der Waals surface area contributed by atoms with Crippen molar-refractivity contribution in [1.29, 1.82) is 0 Å². The van der Waals surface area contributed by atoms with E-state index in [1.54, 1.807) is 6.92 Å². The average Bonchev–Trinajstić information content (AvgIpc) is 3.33. The van der Waals surface area contributed by atoms with Gasteiger partial charge in [-0.1, -0.05) is 48.5 Å². The molecule has 9 heteroatoms. The minimum atomic E-state index is -1.17. The van der Waals surface area contributed by atoms with Crippen LogP contribution in [0.1, 0.15) is 43.2 Å². The van der Waals surface area contributed by atoms with Crippen molar-refractivity contribution < 1.29 is 34.4 Å². The number of ether oxygens (including phenoxy) is 1. The van der Waals surface area contributed by atoms with Gasteiger partial charge < -0.3 is 30.3 Å². The minimum absolute atomic E-state index is 0.00810. The number of carboxylic acids is 1. The first kappa shape index (κ1) is 24.7. The fraction of sp³-hybridized carbons (Fsp3) is 0.423. The summed E-state index contributed by atoms with van der Waals surface area (Å²) in [6.07, 6.45) is -1.95. The van der Waals surface area contributed by atoms with Gasteiger partial charge in [0.05, 0.1) is 18.2 Å². The number of nitrogens with one attached hydrogen (secondary N) is 1. The van der Waals surface area contributed by atoms with Crippen molar-refractivity contribution in [2.75, 3.05) is 19.8 Å². The monoisotopic (exact) mass is 482 g/mol. The van der Waals surface area contributed by atoms with E-state index in [2.05, 4.69) is 5.32 Å². The standard InChI is InChI=1S/C26H30N2O7/c1-26(15-29)12-16(30)13-28(26)24(33)22(10-11-23(31)32)27-25(34)35-14-21-19-8-4-2-6-17(19)18-7-3-5-9-20(18)21/h2-9,16,21-22,29-30H,10-15H2,1H3,(H,27,34)(H,31,32). The SMILES string of the molecule is CC1(CO)CC(O)CN1C(=O)C(CCC(=O)O)NC(=O)OCC1c2ccccc2-c2ccccc21. The van der Waals surface area contributed by atoms with Crippen molar-refractivity contribution in [3.05, 3.63) is 59.7 Å². The van der Waals surface area contributed by atoms with Crippen LogP contribution in [0.4, 0.5) is 4.79 Å². The number of fused-ring (bicyclic) bond motifs is 3. The Kier molecular flexibility index (Phi) is 7.09. The smallest absolute Gasteiger partial charge is 0.407 e. The maximum absolute atomic E-state index is 13.2. The topological polar surface area (TPSA) is 136 Å². The highest BCUT2D eigenvalue weighted by molar-refractivity contribution is 5.87. The second-order valence-electron chi connectivity index (χ2n) is 9.42. The number of nitrogens with zero attached hydrogens (tertiary/aromatic N) is 1. The highest BCUT2D eigenvalue weighted by Gasteiger charge is 2.45. The predicted octanol–water partition coefficient (Wildman–Crippen LogP) is 2.10. The summed E-state index contributed by atoms with van der Waals surface area (Å²) in [5.41, 5.74) is 3.26. The van der Waals surface area contributed by atoms with E-state index in [1.807, 2.05) is 48.5 Å². The van der Waals surface area contributed by atoms with Crippen LogP contribution in [-0.2, 0) is 14.3 Å². The molecule has 3 unspecified atom stereocenters. The Morgan fingerprint density at radius 3 is 2.29 bits per heavy atom. The molecule has 3 atom stereocenters. The first-order valence-electron chi connectivity index (χ1n) is 11.7. The fourth-order valence-corrected chi connectivity index (χ4v) is 5.12. The van der Waals surface area contributed by atoms with Crippen LogP contribution in [0.3, 0.4) is 0 Å². The lowest BCUT2D eigenvalue weighted by atomic mass is 9.98. The molecule has 2 aromatic rings. The summed E-state index contributed by atoms with van der Waals surface area (Å²) < 4.78 is 5.52. The third kappa shape index (κ3) is 5.01. The van der Waals surface area contributed by atoms with E-state index in [1.165, 1.54) is 4.90 Å². The van der Waals surface area contributed by atoms with Gasteiger partial charge in [-0.05, 0) is 35.6 Å². The van der Waals surface area contributed by atoms with Crippen molar-refractivity contribution in [2.45, 2.75) is 49.8 Å². The molecule has 4 rings (SSSR count). The van der Waals surface area contributed by atoms with Crippen molar-refractivity contribution in [3.8, 4) is 11.1 Å². The Morgan fingerprint density at radius 1 is 1.11 bits per heavy atom. The predicted molar refractivity (Wildman–Crippen MR) is 127 cm³/mol. The number of carbonyl (C=O) groups is 3. The number of carbonyl (C=O) groups excluding carboxylic acids is 2. The minimum Gasteiger partial charge on any atom is -0.481 e. The third-order valence-corrected chi connectivity index (χ3v) is 6.91. The Hall–Kier alpha value is -3.43. The Bertz CT molecular complexity index is 1070. The van der Waals surface area contributed by atoms with Crippen LogP contribution in [0.5, 0.6) is 0 Å². The zero-order valence-corrected chi connectivity index (χ0v) is 19.5. The molecule has 0 radical (unpaired) electrons. The number of hydrogen-bond donors (Lipinski definition) is 4. The zero-order valence-electron chi connectivity index (χ0n) is 19.5. The van der Waals surface area contributed by atoms with E-state index >= 15 is 0 Å². The molecule has 2 aromatic carbocycles. The molecule has 0 saturated carbocycles. The van der Waals surface area contributed by atoms with E-state index < -0.39 is 35.7 Å². The van der Waals surface area contributed by atoms with E-state index in [9.17, 15) is 24.6 Å². The summed E-state index contributed by atoms with van der Waals surface area (Å²) in [4.78, 5) is 38.5. The van der Waals surface area contributed by atoms with Crippen LogP contribution in [0.25, 0.3) is 11.1 Å². The largest absolute Gasteiger partial charge is 0.481 e. The number of benzene rings is 2. The number of aliphatic hydroxyl groups excluding tert-OH is 2. The molecule has 0 bridgehead atoms. The molecule has 2 aliphatic rings. The lowest BCUT2D eigenvalue weighted by Gasteiger charge is -2.35. The fourth-order valence-electron chi connectivity index (χ4n) is 5.12. The Morgan fingerprint density at radius 2 is 1.71 bits per heavy atom. The number of alkyl carbamates (subject to hydrolysis) is 1. The summed E-state index contributed by atoms with van der Waals surface area (Å²) in [7, 11) is 0. The van der Waals surface area contributed by atoms with E-state index in [4.69, 9.17) is 9.84 Å². The number of carboxylic acid groups (broad SMARTS) is 1. The van der Waals surface area contributed by atoms with Crippen LogP contribution in [0.2, 0.25) is 0 Å². The van der Waals surface area contributed by atoms with Gasteiger partial charge in [-0.25, -0.2) is 4.79 Å². The van der Waals surface area contributed by atoms with Crippen molar-refractivity contribution in [1.82, 2.24) is 10.2 Å². The lowest BCUT2D eigenvalue weighted by molar-refractivity contribution is -0.140. The summed E-state index contributed by atoms with van der Waals surface area (Å²) in [5.74, 6) is -1.83. The molecule has 1 heterocycles. The van der Waals surface area contributed by atoms with Gasteiger partial charge in [0, 0.05) is 25.3 Å². The highest BCUT2D eigenvalue weighted by Crippen LogP contribution is 2.44. The van der Waals surface area contributed by atoms with Crippen LogP contribution >= 0.6 is 0 Å². The summed E-state index contributed by atoms with van der Waals surface area (Å²) in [6.45, 7) is 1.32. The number of rotatable bonds is 8. The van der Waals surface area contributed by atoms with Gasteiger partial charge in [0.2, 0.25) is 5.91 Å². The molecular formula is C26H30N2O7. The second-order valence-corrected chi connectivity index (χ2v) is 9.42. The highest BCUT2D eigenvalue weighted by atomic mass is 16.5. The number of hydrogen-bond acceptors (Lipinski definition) is 6. The molecule has 0 spiro atoms. The Balaban J connectivity index is 1.46. The molecule has 1 saturated heterocycles. The van der Waals surface area contributed by atoms with Gasteiger partial charge >= 0.3 is 12.1 Å². The average molecular weight is 483 g/mol. The van der Waals surface area contributed by atoms with Gasteiger partial charge in [-0.2, -0.15) is 0 Å². The van der Waals surface area contributed by atoms with Crippen molar-refractivity contribution in [3.63, 3.8) is 0 Å². The normalized spacial score (nSPS) is 21.8. The van der Waals surface area contributed by atoms with E-state index in [0.29, 0.717) is 0 Å². The molecule has 2 amide bonds. The maximum Gasteiger partial charge on any atom is 0.407 e. The molecule has 9 nitrogen and oxygen atoms in total. The van der Waals surface area contributed by atoms with Gasteiger partial charge in [0.25, 0.3) is 0 Å². The molecular weight excluding hydrogens is 452 g/mol. The molecule has 1 fully saturated rings. The van der Waals surface area contributed by atoms with Crippen LogP contribution in [0.15, 0.2) is 48.5 Å². The summed E-state index contributed by atoms with van der Waals surface area (Å²) >= 11 is 0. The summed E-state index contributed by atoms with van der Waals surface area (Å²) in [5, 5.41) is 31.5. The molecule has 4 N–H and O–H groups in total. The maximum atomic E-state index is 13.2. The zero-order chi connectivity index (χ0) is 25.2. The van der Waals surface area contributed by atoms with Crippen LogP contribution in [0, 0.1) is 0 Å². The first-order valence-corrected chi connectivity index (χ1v) is 11.7. The number of β-amino-alcohol motifs (C(OH)–C–C–N with tert-alkyl or cyclic N) is 1. The third-order valence-electron chi connectivity index (χ3n) is 6.91. The lowest BCUT2D eigenvalue weighted by Crippen LogP contribution is -2.55.